The molecule has 0 radical (unpaired) electrons. The number of anilines is 1. The van der Waals surface area contributed by atoms with Gasteiger partial charge >= 0.3 is 0 Å². The molecule has 7 aliphatic carbocycles. The van der Waals surface area contributed by atoms with E-state index in [0.717, 1.165) is 79.9 Å². The lowest BCUT2D eigenvalue weighted by molar-refractivity contribution is -0.215. The molecule has 10 rings (SSSR count). The van der Waals surface area contributed by atoms with E-state index in [1.54, 1.807) is 6.07 Å². The van der Waals surface area contributed by atoms with Crippen molar-refractivity contribution in [2.75, 3.05) is 11.4 Å². The Balaban J connectivity index is 1.06. The van der Waals surface area contributed by atoms with Gasteiger partial charge in [-0.2, -0.15) is 10.2 Å². The fourth-order valence-electron chi connectivity index (χ4n) is 8.52. The molecule has 7 heteroatoms. The first kappa shape index (κ1) is 25.2. The Morgan fingerprint density at radius 1 is 0.976 bits per heavy atom. The second-order valence-electron chi connectivity index (χ2n) is 14.1. The zero-order chi connectivity index (χ0) is 27.9. The fourth-order valence-corrected chi connectivity index (χ4v) is 8.52. The molecule has 41 heavy (non-hydrogen) atoms. The number of alkyl halides is 1. The summed E-state index contributed by atoms with van der Waals surface area (Å²) in [5, 5.41) is 13.7. The number of aromatic nitrogens is 2. The van der Waals surface area contributed by atoms with Gasteiger partial charge in [0.1, 0.15) is 5.67 Å². The number of nitriles is 1. The molecule has 0 spiro atoms. The summed E-state index contributed by atoms with van der Waals surface area (Å²) < 4.78 is 20.2. The monoisotopic (exact) mass is 550 g/mol. The van der Waals surface area contributed by atoms with Crippen molar-refractivity contribution in [3.63, 3.8) is 0 Å². The Morgan fingerprint density at radius 3 is 2.32 bits per heavy atom. The van der Waals surface area contributed by atoms with Crippen LogP contribution in [0.25, 0.3) is 11.1 Å². The van der Waals surface area contributed by atoms with Crippen molar-refractivity contribution in [1.29, 1.82) is 5.26 Å². The zero-order valence-corrected chi connectivity index (χ0v) is 23.4. The Labute approximate surface area is 239 Å². The topological polar surface area (TPSA) is 83.0 Å². The van der Waals surface area contributed by atoms with Crippen molar-refractivity contribution < 1.29 is 13.7 Å². The molecule has 0 N–H and O–H groups in total. The van der Waals surface area contributed by atoms with E-state index in [9.17, 15) is 14.4 Å². The molecule has 0 aliphatic heterocycles. The molecule has 1 heterocycles. The highest BCUT2D eigenvalue weighted by molar-refractivity contribution is 5.95. The largest absolute Gasteiger partial charge is 0.339 e. The Hall–Kier alpha value is -3.53. The van der Waals surface area contributed by atoms with E-state index in [1.165, 1.54) is 0 Å². The van der Waals surface area contributed by atoms with Crippen LogP contribution < -0.4 is 4.90 Å². The van der Waals surface area contributed by atoms with Gasteiger partial charge in [0.15, 0.2) is 5.82 Å². The number of carbonyl (C=O) groups excluding carboxylic acids is 1. The van der Waals surface area contributed by atoms with Crippen molar-refractivity contribution in [1.82, 2.24) is 10.1 Å². The van der Waals surface area contributed by atoms with Crippen molar-refractivity contribution >= 4 is 11.6 Å². The molecule has 7 saturated carbocycles. The Morgan fingerprint density at radius 2 is 1.66 bits per heavy atom. The number of halogens is 1. The van der Waals surface area contributed by atoms with E-state index in [2.05, 4.69) is 17.3 Å². The highest BCUT2D eigenvalue weighted by atomic mass is 19.1. The minimum absolute atomic E-state index is 0.0241. The minimum atomic E-state index is -1.01. The molecule has 2 aromatic carbocycles. The van der Waals surface area contributed by atoms with Crippen LogP contribution in [0.3, 0.4) is 0 Å². The number of hydrogen-bond acceptors (Lipinski definition) is 5. The average Bonchev–Trinajstić information content (AvgIpc) is 3.71. The highest BCUT2D eigenvalue weighted by Crippen LogP contribution is 2.71. The third kappa shape index (κ3) is 4.21. The van der Waals surface area contributed by atoms with Crippen LogP contribution in [0.4, 0.5) is 10.1 Å². The van der Waals surface area contributed by atoms with Gasteiger partial charge in [0, 0.05) is 30.0 Å². The second-order valence-corrected chi connectivity index (χ2v) is 14.1. The quantitative estimate of drug-likeness (QED) is 0.292. The molecule has 6 nitrogen and oxygen atoms in total. The van der Waals surface area contributed by atoms with E-state index < -0.39 is 5.67 Å². The summed E-state index contributed by atoms with van der Waals surface area (Å²) in [6, 6.07) is 18.0. The predicted octanol–water partition coefficient (Wildman–Crippen LogP) is 7.39. The number of carbonyl (C=O) groups is 1. The van der Waals surface area contributed by atoms with Crippen molar-refractivity contribution in [2.45, 2.75) is 94.1 Å². The molecule has 1 aromatic heterocycles. The number of hydrogen-bond donors (Lipinski definition) is 0. The fraction of sp³-hybridized carbons (Fsp3) is 0.529. The summed E-state index contributed by atoms with van der Waals surface area (Å²) in [5.74, 6) is 2.31. The number of fused-ring (bicyclic) bond motifs is 3. The summed E-state index contributed by atoms with van der Waals surface area (Å²) in [4.78, 5) is 20.9. The van der Waals surface area contributed by atoms with Gasteiger partial charge in [0.2, 0.25) is 11.8 Å². The standard InChI is InChI=1S/C34H35FN4O2/c35-34-19-32(20-34,21-34)17-28(40)39(27-6-2-5-26(16-27)25-4-1-3-23(15-25)18-36)22-31-9-12-33(13-10-31,14-11-31)30-37-29(38-41-30)24-7-8-24/h1-6,15-16,24H,7-14,17,19-22H2. The summed E-state index contributed by atoms with van der Waals surface area (Å²) in [5.41, 5.74) is 2.31. The number of nitrogens with zero attached hydrogens (tertiary/aromatic N) is 4. The van der Waals surface area contributed by atoms with Gasteiger partial charge in [-0.3, -0.25) is 4.79 Å². The lowest BCUT2D eigenvalue weighted by Crippen LogP contribution is -2.65. The molecule has 0 atom stereocenters. The van der Waals surface area contributed by atoms with Crippen molar-refractivity contribution in [2.24, 2.45) is 10.8 Å². The first-order valence-electron chi connectivity index (χ1n) is 15.2. The Kier molecular flexibility index (Phi) is 5.37. The summed E-state index contributed by atoms with van der Waals surface area (Å²) in [6.45, 7) is 0.678. The minimum Gasteiger partial charge on any atom is -0.339 e. The number of benzene rings is 2. The summed E-state index contributed by atoms with van der Waals surface area (Å²) >= 11 is 0. The molecule has 4 bridgehead atoms. The van der Waals surface area contributed by atoms with Crippen LogP contribution in [-0.2, 0) is 10.2 Å². The van der Waals surface area contributed by atoms with Crippen molar-refractivity contribution in [3.8, 4) is 17.2 Å². The lowest BCUT2D eigenvalue weighted by Gasteiger charge is -2.66. The first-order valence-corrected chi connectivity index (χ1v) is 15.2. The van der Waals surface area contributed by atoms with Crippen LogP contribution in [0, 0.1) is 22.2 Å². The maximum absolute atomic E-state index is 14.3. The third-order valence-corrected chi connectivity index (χ3v) is 11.1. The summed E-state index contributed by atoms with van der Waals surface area (Å²) in [7, 11) is 0. The van der Waals surface area contributed by atoms with Crippen LogP contribution in [-0.4, -0.2) is 28.3 Å². The molecule has 7 aliphatic rings. The van der Waals surface area contributed by atoms with Crippen molar-refractivity contribution in [3.05, 3.63) is 65.8 Å². The second kappa shape index (κ2) is 8.74. The molecule has 7 fully saturated rings. The van der Waals surface area contributed by atoms with Gasteiger partial charge in [-0.1, -0.05) is 29.4 Å². The van der Waals surface area contributed by atoms with Gasteiger partial charge in [-0.25, -0.2) is 4.39 Å². The SMILES string of the molecule is N#Cc1cccc(-c2cccc(N(CC34CCC(c5nc(C6CC6)no5)(CC3)CC4)C(=O)CC34CC(F)(C3)C4)c2)c1. The maximum Gasteiger partial charge on any atom is 0.232 e. The zero-order valence-electron chi connectivity index (χ0n) is 23.4. The maximum atomic E-state index is 14.3. The molecule has 1 amide bonds. The Bertz CT molecular complexity index is 1540. The predicted molar refractivity (Wildman–Crippen MR) is 152 cm³/mol. The summed E-state index contributed by atoms with van der Waals surface area (Å²) in [6.07, 6.45) is 10.4. The molecular weight excluding hydrogens is 515 g/mol. The smallest absolute Gasteiger partial charge is 0.232 e. The van der Waals surface area contributed by atoms with Crippen LogP contribution in [0.1, 0.15) is 100 Å². The van der Waals surface area contributed by atoms with Gasteiger partial charge in [-0.05, 0) is 117 Å². The van der Waals surface area contributed by atoms with Crippen LogP contribution >= 0.6 is 0 Å². The van der Waals surface area contributed by atoms with E-state index in [0.29, 0.717) is 43.7 Å². The number of amides is 1. The van der Waals surface area contributed by atoms with Gasteiger partial charge in [0.05, 0.1) is 11.6 Å². The molecule has 0 unspecified atom stereocenters. The molecular formula is C34H35FN4O2. The van der Waals surface area contributed by atoms with Crippen LogP contribution in [0.15, 0.2) is 53.1 Å². The van der Waals surface area contributed by atoms with Gasteiger partial charge < -0.3 is 9.42 Å². The third-order valence-electron chi connectivity index (χ3n) is 11.1. The molecule has 210 valence electrons. The van der Waals surface area contributed by atoms with Crippen LogP contribution in [0.2, 0.25) is 0 Å². The highest BCUT2D eigenvalue weighted by Gasteiger charge is 2.69. The lowest BCUT2D eigenvalue weighted by atomic mass is 9.41. The first-order chi connectivity index (χ1) is 19.8. The van der Waals surface area contributed by atoms with Gasteiger partial charge in [-0.15, -0.1) is 0 Å². The molecule has 0 saturated heterocycles. The van der Waals surface area contributed by atoms with E-state index in [-0.39, 0.29) is 22.2 Å². The molecule has 3 aromatic rings. The normalized spacial score (nSPS) is 33.0. The average molecular weight is 551 g/mol. The number of rotatable bonds is 8. The van der Waals surface area contributed by atoms with E-state index in [4.69, 9.17) is 9.51 Å². The van der Waals surface area contributed by atoms with E-state index in [1.807, 2.05) is 41.3 Å². The van der Waals surface area contributed by atoms with Crippen LogP contribution in [0.5, 0.6) is 0 Å². The van der Waals surface area contributed by atoms with Gasteiger partial charge in [0.25, 0.3) is 0 Å². The van der Waals surface area contributed by atoms with E-state index >= 15 is 0 Å².